The summed E-state index contributed by atoms with van der Waals surface area (Å²) in [6, 6.07) is 3.86. The molecule has 20 heavy (non-hydrogen) atoms. The number of thiophene rings is 1. The van der Waals surface area contributed by atoms with Crippen molar-refractivity contribution in [2.45, 2.75) is 30.2 Å². The standard InChI is InChI=1S/C12H12N4O2S2/c1-2-9-13-14-12-16(9)15-11(7-4-3-5-19-7)8(20-12)6-10(17)18/h3-5,8H,2,6H2,1H3,(H,17,18)/p-1/t8-/m1/s1. The van der Waals surface area contributed by atoms with Crippen molar-refractivity contribution < 1.29 is 9.90 Å². The van der Waals surface area contributed by atoms with Gasteiger partial charge in [-0.3, -0.25) is 0 Å². The molecular weight excluding hydrogens is 296 g/mol. The molecule has 2 aromatic rings. The largest absolute Gasteiger partial charge is 0.550 e. The van der Waals surface area contributed by atoms with Gasteiger partial charge in [0.05, 0.1) is 15.8 Å². The first-order valence-electron chi connectivity index (χ1n) is 6.12. The van der Waals surface area contributed by atoms with E-state index in [1.807, 2.05) is 24.4 Å². The van der Waals surface area contributed by atoms with Crippen LogP contribution in [0.25, 0.3) is 0 Å². The summed E-state index contributed by atoms with van der Waals surface area (Å²) in [5, 5.41) is 25.9. The van der Waals surface area contributed by atoms with E-state index in [0.717, 1.165) is 22.8 Å². The van der Waals surface area contributed by atoms with Gasteiger partial charge >= 0.3 is 0 Å². The summed E-state index contributed by atoms with van der Waals surface area (Å²) in [6.07, 6.45) is 0.635. The van der Waals surface area contributed by atoms with Gasteiger partial charge < -0.3 is 9.90 Å². The first-order chi connectivity index (χ1) is 9.69. The molecule has 0 radical (unpaired) electrons. The lowest BCUT2D eigenvalue weighted by molar-refractivity contribution is -0.305. The third kappa shape index (κ3) is 2.36. The predicted molar refractivity (Wildman–Crippen MR) is 74.9 cm³/mol. The van der Waals surface area contributed by atoms with E-state index in [-0.39, 0.29) is 11.7 Å². The van der Waals surface area contributed by atoms with E-state index in [9.17, 15) is 9.90 Å². The smallest absolute Gasteiger partial charge is 0.212 e. The summed E-state index contributed by atoms with van der Waals surface area (Å²) in [5.41, 5.74) is 0.746. The van der Waals surface area contributed by atoms with Crippen LogP contribution in [-0.2, 0) is 11.2 Å². The molecule has 6 nitrogen and oxygen atoms in total. The van der Waals surface area contributed by atoms with E-state index >= 15 is 0 Å². The SMILES string of the molecule is CCc1nnc2n1N=C(c1cccs1)[C@@H](CC(=O)[O-])S2. The zero-order valence-electron chi connectivity index (χ0n) is 10.6. The highest BCUT2D eigenvalue weighted by molar-refractivity contribution is 8.00. The van der Waals surface area contributed by atoms with Gasteiger partial charge in [0.25, 0.3) is 0 Å². The molecule has 0 amide bonds. The van der Waals surface area contributed by atoms with E-state index in [0.29, 0.717) is 5.16 Å². The minimum atomic E-state index is -1.09. The fraction of sp³-hybridized carbons (Fsp3) is 0.333. The molecule has 3 heterocycles. The van der Waals surface area contributed by atoms with Crippen molar-refractivity contribution in [3.8, 4) is 0 Å². The number of fused-ring (bicyclic) bond motifs is 1. The third-order valence-corrected chi connectivity index (χ3v) is 4.91. The second kappa shape index (κ2) is 5.37. The number of aromatic nitrogens is 3. The number of carboxylic acid groups (broad SMARTS) is 1. The molecule has 8 heteroatoms. The van der Waals surface area contributed by atoms with Gasteiger partial charge in [-0.05, 0) is 11.4 Å². The average molecular weight is 307 g/mol. The van der Waals surface area contributed by atoms with E-state index in [4.69, 9.17) is 0 Å². The van der Waals surface area contributed by atoms with Crippen LogP contribution in [0.4, 0.5) is 0 Å². The lowest BCUT2D eigenvalue weighted by Crippen LogP contribution is -2.32. The number of carbonyl (C=O) groups is 1. The molecule has 0 fully saturated rings. The Morgan fingerprint density at radius 1 is 1.50 bits per heavy atom. The first kappa shape index (κ1) is 13.3. The number of rotatable bonds is 4. The zero-order valence-corrected chi connectivity index (χ0v) is 12.3. The Morgan fingerprint density at radius 2 is 2.35 bits per heavy atom. The van der Waals surface area contributed by atoms with Crippen molar-refractivity contribution in [1.29, 1.82) is 0 Å². The lowest BCUT2D eigenvalue weighted by Gasteiger charge is -2.22. The molecule has 0 saturated carbocycles. The maximum atomic E-state index is 10.9. The van der Waals surface area contributed by atoms with Gasteiger partial charge in [0, 0.05) is 18.8 Å². The van der Waals surface area contributed by atoms with Crippen LogP contribution >= 0.6 is 23.1 Å². The summed E-state index contributed by atoms with van der Waals surface area (Å²) in [6.45, 7) is 1.98. The average Bonchev–Trinajstić information content (AvgIpc) is 3.05. The number of hydrogen-bond acceptors (Lipinski definition) is 7. The number of aryl methyl sites for hydroxylation is 1. The Kier molecular flexibility index (Phi) is 3.58. The van der Waals surface area contributed by atoms with Crippen molar-refractivity contribution in [3.63, 3.8) is 0 Å². The van der Waals surface area contributed by atoms with Crippen molar-refractivity contribution in [2.75, 3.05) is 0 Å². The molecular formula is C12H11N4O2S2-. The van der Waals surface area contributed by atoms with Crippen LogP contribution in [-0.4, -0.2) is 31.8 Å². The molecule has 0 aliphatic carbocycles. The molecule has 104 valence electrons. The molecule has 0 unspecified atom stereocenters. The number of thioether (sulfide) groups is 1. The molecule has 1 atom stereocenters. The Bertz CT molecular complexity index is 663. The number of aliphatic carboxylic acids is 1. The number of carbonyl (C=O) groups excluding carboxylic acids is 1. The molecule has 3 rings (SSSR count). The van der Waals surface area contributed by atoms with Crippen molar-refractivity contribution in [1.82, 2.24) is 14.9 Å². The topological polar surface area (TPSA) is 83.2 Å². The quantitative estimate of drug-likeness (QED) is 0.833. The van der Waals surface area contributed by atoms with Gasteiger partial charge in [0.15, 0.2) is 5.82 Å². The van der Waals surface area contributed by atoms with Crippen LogP contribution in [0, 0.1) is 0 Å². The van der Waals surface area contributed by atoms with Gasteiger partial charge in [-0.25, -0.2) is 0 Å². The summed E-state index contributed by atoms with van der Waals surface area (Å²) in [7, 11) is 0. The predicted octanol–water partition coefficient (Wildman–Crippen LogP) is 0.769. The minimum Gasteiger partial charge on any atom is -0.550 e. The summed E-state index contributed by atoms with van der Waals surface area (Å²) in [5.74, 6) is -0.316. The van der Waals surface area contributed by atoms with Gasteiger partial charge in [-0.1, -0.05) is 24.8 Å². The van der Waals surface area contributed by atoms with Crippen molar-refractivity contribution in [2.24, 2.45) is 5.10 Å². The van der Waals surface area contributed by atoms with Crippen LogP contribution in [0.5, 0.6) is 0 Å². The molecule has 0 aromatic carbocycles. The summed E-state index contributed by atoms with van der Waals surface area (Å²) >= 11 is 2.91. The maximum Gasteiger partial charge on any atom is 0.212 e. The second-order valence-electron chi connectivity index (χ2n) is 4.21. The fourth-order valence-corrected chi connectivity index (χ4v) is 3.90. The normalized spacial score (nSPS) is 17.6. The Labute approximate surface area is 123 Å². The Hall–Kier alpha value is -1.67. The lowest BCUT2D eigenvalue weighted by atomic mass is 10.1. The van der Waals surface area contributed by atoms with Crippen LogP contribution in [0.15, 0.2) is 27.8 Å². The van der Waals surface area contributed by atoms with Crippen molar-refractivity contribution >= 4 is 34.8 Å². The highest BCUT2D eigenvalue weighted by Crippen LogP contribution is 2.33. The summed E-state index contributed by atoms with van der Waals surface area (Å²) in [4.78, 5) is 11.9. The molecule has 1 aliphatic heterocycles. The van der Waals surface area contributed by atoms with Crippen LogP contribution < -0.4 is 5.11 Å². The van der Waals surface area contributed by atoms with E-state index in [1.54, 1.807) is 4.68 Å². The Balaban J connectivity index is 2.06. The van der Waals surface area contributed by atoms with Gasteiger partial charge in [-0.15, -0.1) is 21.5 Å². The van der Waals surface area contributed by atoms with E-state index < -0.39 is 5.97 Å². The fourth-order valence-electron chi connectivity index (χ4n) is 1.97. The summed E-state index contributed by atoms with van der Waals surface area (Å²) < 4.78 is 1.70. The van der Waals surface area contributed by atoms with Crippen molar-refractivity contribution in [3.05, 3.63) is 28.2 Å². The second-order valence-corrected chi connectivity index (χ2v) is 6.33. The van der Waals surface area contributed by atoms with Gasteiger partial charge in [0.2, 0.25) is 5.16 Å². The molecule has 0 N–H and O–H groups in total. The molecule has 0 bridgehead atoms. The van der Waals surface area contributed by atoms with E-state index in [1.165, 1.54) is 23.1 Å². The monoisotopic (exact) mass is 307 g/mol. The number of carboxylic acids is 1. The highest BCUT2D eigenvalue weighted by atomic mass is 32.2. The third-order valence-electron chi connectivity index (χ3n) is 2.88. The number of hydrogen-bond donors (Lipinski definition) is 0. The molecule has 0 spiro atoms. The van der Waals surface area contributed by atoms with Crippen LogP contribution in [0.3, 0.4) is 0 Å². The highest BCUT2D eigenvalue weighted by Gasteiger charge is 2.29. The van der Waals surface area contributed by atoms with Crippen LogP contribution in [0.1, 0.15) is 24.0 Å². The van der Waals surface area contributed by atoms with Gasteiger partial charge in [0.1, 0.15) is 0 Å². The maximum absolute atomic E-state index is 10.9. The van der Waals surface area contributed by atoms with Gasteiger partial charge in [-0.2, -0.15) is 9.78 Å². The van der Waals surface area contributed by atoms with E-state index in [2.05, 4.69) is 15.3 Å². The molecule has 0 saturated heterocycles. The van der Waals surface area contributed by atoms with Crippen LogP contribution in [0.2, 0.25) is 0 Å². The minimum absolute atomic E-state index is 0.0876. The number of nitrogens with zero attached hydrogens (tertiary/aromatic N) is 4. The Morgan fingerprint density at radius 3 is 3.00 bits per heavy atom. The first-order valence-corrected chi connectivity index (χ1v) is 7.88. The molecule has 2 aromatic heterocycles. The zero-order chi connectivity index (χ0) is 14.1. The molecule has 1 aliphatic rings.